The van der Waals surface area contributed by atoms with Gasteiger partial charge in [0.15, 0.2) is 0 Å². The molecule has 92 valence electrons. The Kier molecular flexibility index (Phi) is 3.38. The second-order valence-corrected chi connectivity index (χ2v) is 4.22. The molecule has 2 atom stereocenters. The maximum absolute atomic E-state index is 12.3. The van der Waals surface area contributed by atoms with Crippen molar-refractivity contribution in [3.8, 4) is 0 Å². The van der Waals surface area contributed by atoms with E-state index >= 15 is 0 Å². The summed E-state index contributed by atoms with van der Waals surface area (Å²) in [6.07, 6.45) is -2.95. The van der Waals surface area contributed by atoms with Crippen molar-refractivity contribution >= 4 is 5.91 Å². The number of carbonyl (C=O) groups excluding carboxylic acids is 1. The summed E-state index contributed by atoms with van der Waals surface area (Å²) in [5.41, 5.74) is 6.89. The lowest BCUT2D eigenvalue weighted by atomic mass is 9.95. The van der Waals surface area contributed by atoms with Crippen LogP contribution in [0.2, 0.25) is 0 Å². The van der Waals surface area contributed by atoms with Gasteiger partial charge in [0.2, 0.25) is 0 Å². The monoisotopic (exact) mass is 240 g/mol. The highest BCUT2D eigenvalue weighted by atomic mass is 19.3. The number of alkyl halides is 2. The Morgan fingerprint density at radius 3 is 2.53 bits per heavy atom. The number of halogens is 2. The highest BCUT2D eigenvalue weighted by Gasteiger charge is 2.36. The molecular formula is C12H14F2N2O. The molecular weight excluding hydrogens is 226 g/mol. The quantitative estimate of drug-likeness (QED) is 0.844. The maximum Gasteiger partial charge on any atom is 0.315 e. The number of nitrogens with zero attached hydrogens (tertiary/aromatic N) is 1. The van der Waals surface area contributed by atoms with Crippen LogP contribution in [-0.2, 0) is 4.79 Å². The number of nitrogens with two attached hydrogens (primary N) is 1. The Morgan fingerprint density at radius 2 is 1.94 bits per heavy atom. The van der Waals surface area contributed by atoms with Gasteiger partial charge in [-0.15, -0.1) is 0 Å². The van der Waals surface area contributed by atoms with Crippen molar-refractivity contribution < 1.29 is 13.6 Å². The summed E-state index contributed by atoms with van der Waals surface area (Å²) in [5, 5.41) is 0. The predicted molar refractivity (Wildman–Crippen MR) is 59.7 cm³/mol. The van der Waals surface area contributed by atoms with Crippen molar-refractivity contribution in [3.63, 3.8) is 0 Å². The number of benzene rings is 1. The first-order valence-corrected chi connectivity index (χ1v) is 5.47. The minimum atomic E-state index is -2.95. The van der Waals surface area contributed by atoms with Gasteiger partial charge in [0.1, 0.15) is 0 Å². The Morgan fingerprint density at radius 1 is 1.29 bits per heavy atom. The summed E-state index contributed by atoms with van der Waals surface area (Å²) in [5.74, 6) is -1.18. The van der Waals surface area contributed by atoms with E-state index in [0.717, 1.165) is 10.5 Å². The van der Waals surface area contributed by atoms with Gasteiger partial charge in [-0.25, -0.2) is 0 Å². The van der Waals surface area contributed by atoms with Crippen LogP contribution in [0, 0.1) is 0 Å². The van der Waals surface area contributed by atoms with E-state index in [1.165, 1.54) is 0 Å². The first-order chi connectivity index (χ1) is 8.09. The molecule has 2 rings (SSSR count). The molecule has 2 unspecified atom stereocenters. The van der Waals surface area contributed by atoms with E-state index in [1.807, 2.05) is 30.3 Å². The van der Waals surface area contributed by atoms with Crippen LogP contribution in [0.25, 0.3) is 0 Å². The molecule has 1 aromatic carbocycles. The third-order valence-electron chi connectivity index (χ3n) is 3.09. The summed E-state index contributed by atoms with van der Waals surface area (Å²) in [6, 6.07) is 9.16. The van der Waals surface area contributed by atoms with Gasteiger partial charge in [-0.2, -0.15) is 8.78 Å². The number of amides is 1. The zero-order chi connectivity index (χ0) is 12.4. The van der Waals surface area contributed by atoms with Crippen LogP contribution in [0.1, 0.15) is 11.5 Å². The predicted octanol–water partition coefficient (Wildman–Crippen LogP) is 1.20. The molecule has 1 amide bonds. The molecule has 0 saturated carbocycles. The van der Waals surface area contributed by atoms with Crippen molar-refractivity contribution in [2.75, 3.05) is 13.1 Å². The van der Waals surface area contributed by atoms with Crippen molar-refractivity contribution in [1.29, 1.82) is 0 Å². The maximum atomic E-state index is 12.3. The highest BCUT2D eigenvalue weighted by molar-refractivity contribution is 5.79. The molecule has 1 saturated heterocycles. The van der Waals surface area contributed by atoms with Gasteiger partial charge in [0.25, 0.3) is 5.91 Å². The Balaban J connectivity index is 2.11. The average Bonchev–Trinajstić information content (AvgIpc) is 2.71. The topological polar surface area (TPSA) is 46.3 Å². The van der Waals surface area contributed by atoms with E-state index in [4.69, 9.17) is 5.73 Å². The van der Waals surface area contributed by atoms with Gasteiger partial charge in [0, 0.05) is 25.0 Å². The minimum Gasteiger partial charge on any atom is -0.335 e. The van der Waals surface area contributed by atoms with Gasteiger partial charge in [-0.1, -0.05) is 30.3 Å². The fraction of sp³-hybridized carbons (Fsp3) is 0.417. The van der Waals surface area contributed by atoms with E-state index < -0.39 is 12.3 Å². The van der Waals surface area contributed by atoms with Crippen LogP contribution >= 0.6 is 0 Å². The molecule has 0 aliphatic carbocycles. The van der Waals surface area contributed by atoms with Crippen LogP contribution in [0.5, 0.6) is 0 Å². The van der Waals surface area contributed by atoms with Crippen molar-refractivity contribution in [2.24, 2.45) is 5.73 Å². The molecule has 17 heavy (non-hydrogen) atoms. The molecule has 5 heteroatoms. The smallest absolute Gasteiger partial charge is 0.315 e. The molecule has 1 heterocycles. The van der Waals surface area contributed by atoms with Crippen LogP contribution < -0.4 is 5.73 Å². The summed E-state index contributed by atoms with van der Waals surface area (Å²) >= 11 is 0. The van der Waals surface area contributed by atoms with E-state index in [2.05, 4.69) is 0 Å². The summed E-state index contributed by atoms with van der Waals surface area (Å²) < 4.78 is 24.6. The van der Waals surface area contributed by atoms with E-state index in [9.17, 15) is 13.6 Å². The Hall–Kier alpha value is -1.49. The second-order valence-electron chi connectivity index (χ2n) is 4.22. The third-order valence-corrected chi connectivity index (χ3v) is 3.09. The summed E-state index contributed by atoms with van der Waals surface area (Å²) in [4.78, 5) is 12.3. The van der Waals surface area contributed by atoms with Crippen molar-refractivity contribution in [2.45, 2.75) is 18.4 Å². The van der Waals surface area contributed by atoms with E-state index in [1.54, 1.807) is 0 Å². The van der Waals surface area contributed by atoms with Crippen LogP contribution in [0.15, 0.2) is 30.3 Å². The van der Waals surface area contributed by atoms with E-state index in [-0.39, 0.29) is 25.0 Å². The minimum absolute atomic E-state index is 0.0566. The van der Waals surface area contributed by atoms with Crippen LogP contribution in [0.3, 0.4) is 0 Å². The van der Waals surface area contributed by atoms with Gasteiger partial charge in [0.05, 0.1) is 0 Å². The molecule has 0 radical (unpaired) electrons. The number of rotatable bonds is 2. The van der Waals surface area contributed by atoms with Gasteiger partial charge >= 0.3 is 6.43 Å². The number of carbonyl (C=O) groups is 1. The fourth-order valence-electron chi connectivity index (χ4n) is 2.20. The van der Waals surface area contributed by atoms with Crippen LogP contribution in [-0.4, -0.2) is 36.4 Å². The Bertz CT molecular complexity index is 397. The van der Waals surface area contributed by atoms with Crippen LogP contribution in [0.4, 0.5) is 8.78 Å². The molecule has 1 fully saturated rings. The molecule has 0 bridgehead atoms. The molecule has 3 nitrogen and oxygen atoms in total. The Labute approximate surface area is 98.2 Å². The molecule has 1 aliphatic heterocycles. The molecule has 2 N–H and O–H groups in total. The first-order valence-electron chi connectivity index (χ1n) is 5.47. The molecule has 0 spiro atoms. The number of hydrogen-bond acceptors (Lipinski definition) is 2. The number of hydrogen-bond donors (Lipinski definition) is 1. The average molecular weight is 240 g/mol. The summed E-state index contributed by atoms with van der Waals surface area (Å²) in [7, 11) is 0. The first kappa shape index (κ1) is 12.0. The van der Waals surface area contributed by atoms with Crippen molar-refractivity contribution in [1.82, 2.24) is 4.90 Å². The molecule has 0 aromatic heterocycles. The van der Waals surface area contributed by atoms with E-state index in [0.29, 0.717) is 0 Å². The van der Waals surface area contributed by atoms with Gasteiger partial charge in [-0.05, 0) is 5.56 Å². The molecule has 1 aromatic rings. The fourth-order valence-corrected chi connectivity index (χ4v) is 2.20. The van der Waals surface area contributed by atoms with Crippen molar-refractivity contribution in [3.05, 3.63) is 35.9 Å². The lowest BCUT2D eigenvalue weighted by Crippen LogP contribution is -2.35. The zero-order valence-electron chi connectivity index (χ0n) is 9.22. The highest BCUT2D eigenvalue weighted by Crippen LogP contribution is 2.26. The largest absolute Gasteiger partial charge is 0.335 e. The lowest BCUT2D eigenvalue weighted by Gasteiger charge is -2.15. The number of likely N-dealkylation sites (tertiary alicyclic amines) is 1. The molecule has 1 aliphatic rings. The van der Waals surface area contributed by atoms with Gasteiger partial charge in [-0.3, -0.25) is 4.79 Å². The SMILES string of the molecule is NC1CN(C(=O)C(F)F)CC1c1ccccc1. The third kappa shape index (κ3) is 2.44. The normalized spacial score (nSPS) is 24.4. The lowest BCUT2D eigenvalue weighted by molar-refractivity contribution is -0.141. The second kappa shape index (κ2) is 4.79. The summed E-state index contributed by atoms with van der Waals surface area (Å²) in [6.45, 7) is 0.469. The van der Waals surface area contributed by atoms with Gasteiger partial charge < -0.3 is 10.6 Å². The zero-order valence-corrected chi connectivity index (χ0v) is 9.22. The standard InChI is InChI=1S/C12H14F2N2O/c13-11(14)12(17)16-6-9(10(15)7-16)8-4-2-1-3-5-8/h1-5,9-11H,6-7,15H2.